The maximum Gasteiger partial charge on any atom is 0.271 e. The minimum Gasteiger partial charge on any atom is -0.497 e. The van der Waals surface area contributed by atoms with Crippen molar-refractivity contribution >= 4 is 27.3 Å². The van der Waals surface area contributed by atoms with Gasteiger partial charge in [-0.25, -0.2) is 8.42 Å². The van der Waals surface area contributed by atoms with Crippen LogP contribution in [0, 0.1) is 10.1 Å². The number of sulfonamides is 1. The molecule has 2 aromatic carbocycles. The summed E-state index contributed by atoms with van der Waals surface area (Å²) >= 11 is 0. The highest BCUT2D eigenvalue weighted by Crippen LogP contribution is 2.29. The molecule has 150 valence electrons. The van der Waals surface area contributed by atoms with Gasteiger partial charge in [0, 0.05) is 19.2 Å². The second kappa shape index (κ2) is 8.67. The zero-order valence-electron chi connectivity index (χ0n) is 15.4. The SMILES string of the molecule is COc1ccc(S(=O)(=O)N(C)CC(=O)Nc2cc([N+](=O)[O-])ccc2OC)cc1. The monoisotopic (exact) mass is 409 g/mol. The van der Waals surface area contributed by atoms with Crippen LogP contribution in [-0.2, 0) is 14.8 Å². The number of rotatable bonds is 8. The molecule has 0 aliphatic carbocycles. The molecule has 0 bridgehead atoms. The van der Waals surface area contributed by atoms with Gasteiger partial charge in [-0.05, 0) is 30.3 Å². The fraction of sp³-hybridized carbons (Fsp3) is 0.235. The Kier molecular flexibility index (Phi) is 6.54. The largest absolute Gasteiger partial charge is 0.497 e. The molecule has 0 heterocycles. The van der Waals surface area contributed by atoms with Gasteiger partial charge in [0.25, 0.3) is 5.69 Å². The molecule has 0 saturated carbocycles. The molecule has 28 heavy (non-hydrogen) atoms. The fourth-order valence-electron chi connectivity index (χ4n) is 2.31. The van der Waals surface area contributed by atoms with Crippen LogP contribution in [0.5, 0.6) is 11.5 Å². The molecule has 0 spiro atoms. The Hall–Kier alpha value is -3.18. The van der Waals surface area contributed by atoms with Crippen LogP contribution < -0.4 is 14.8 Å². The topological polar surface area (TPSA) is 128 Å². The van der Waals surface area contributed by atoms with Crippen LogP contribution in [0.25, 0.3) is 0 Å². The lowest BCUT2D eigenvalue weighted by atomic mass is 10.2. The fourth-order valence-corrected chi connectivity index (χ4v) is 3.44. The Morgan fingerprint density at radius 3 is 2.32 bits per heavy atom. The summed E-state index contributed by atoms with van der Waals surface area (Å²) in [5.74, 6) is 0.0233. The number of carbonyl (C=O) groups excluding carboxylic acids is 1. The summed E-state index contributed by atoms with van der Waals surface area (Å²) in [6, 6.07) is 9.43. The van der Waals surface area contributed by atoms with Crippen molar-refractivity contribution in [2.75, 3.05) is 33.1 Å². The summed E-state index contributed by atoms with van der Waals surface area (Å²) in [5, 5.41) is 13.3. The lowest BCUT2D eigenvalue weighted by Crippen LogP contribution is -2.35. The number of nitrogens with zero attached hydrogens (tertiary/aromatic N) is 2. The molecule has 0 fully saturated rings. The second-order valence-electron chi connectivity index (χ2n) is 5.63. The van der Waals surface area contributed by atoms with Gasteiger partial charge in [0.15, 0.2) is 0 Å². The molecule has 0 radical (unpaired) electrons. The number of nitro groups is 1. The third kappa shape index (κ3) is 4.75. The molecule has 0 aromatic heterocycles. The Labute approximate surface area is 161 Å². The smallest absolute Gasteiger partial charge is 0.271 e. The molecule has 0 saturated heterocycles. The molecular formula is C17H19N3O7S. The van der Waals surface area contributed by atoms with Crippen LogP contribution in [-0.4, -0.2) is 51.4 Å². The van der Waals surface area contributed by atoms with Gasteiger partial charge in [-0.1, -0.05) is 0 Å². The van der Waals surface area contributed by atoms with Crippen molar-refractivity contribution in [3.63, 3.8) is 0 Å². The number of hydrogen-bond acceptors (Lipinski definition) is 7. The molecule has 2 aromatic rings. The lowest BCUT2D eigenvalue weighted by molar-refractivity contribution is -0.384. The molecular weight excluding hydrogens is 390 g/mol. The molecule has 0 aliphatic heterocycles. The van der Waals surface area contributed by atoms with Gasteiger partial charge in [-0.2, -0.15) is 4.31 Å². The second-order valence-corrected chi connectivity index (χ2v) is 7.67. The number of methoxy groups -OCH3 is 2. The number of ether oxygens (including phenoxy) is 2. The maximum absolute atomic E-state index is 12.6. The average Bonchev–Trinajstić information content (AvgIpc) is 2.67. The molecule has 0 unspecified atom stereocenters. The van der Waals surface area contributed by atoms with Crippen molar-refractivity contribution in [2.24, 2.45) is 0 Å². The van der Waals surface area contributed by atoms with Crippen molar-refractivity contribution in [3.8, 4) is 11.5 Å². The number of nitrogens with one attached hydrogen (secondary N) is 1. The van der Waals surface area contributed by atoms with Gasteiger partial charge >= 0.3 is 0 Å². The minimum absolute atomic E-state index is 0.00321. The first-order chi connectivity index (χ1) is 13.2. The third-order valence-corrected chi connectivity index (χ3v) is 5.62. The van der Waals surface area contributed by atoms with E-state index in [1.807, 2.05) is 0 Å². The summed E-state index contributed by atoms with van der Waals surface area (Å²) in [5.41, 5.74) is -0.174. The van der Waals surface area contributed by atoms with E-state index < -0.39 is 27.4 Å². The molecule has 10 nitrogen and oxygen atoms in total. The zero-order chi connectivity index (χ0) is 20.9. The van der Waals surface area contributed by atoms with E-state index >= 15 is 0 Å². The number of hydrogen-bond donors (Lipinski definition) is 1. The molecule has 1 N–H and O–H groups in total. The minimum atomic E-state index is -3.91. The Bertz CT molecular complexity index is 975. The maximum atomic E-state index is 12.6. The molecule has 0 aliphatic rings. The highest BCUT2D eigenvalue weighted by Gasteiger charge is 2.24. The van der Waals surface area contributed by atoms with E-state index in [1.165, 1.54) is 57.7 Å². The van der Waals surface area contributed by atoms with Crippen LogP contribution >= 0.6 is 0 Å². The van der Waals surface area contributed by atoms with E-state index in [-0.39, 0.29) is 22.0 Å². The highest BCUT2D eigenvalue weighted by atomic mass is 32.2. The first kappa shape index (κ1) is 21.1. The summed E-state index contributed by atoms with van der Waals surface area (Å²) in [6.07, 6.45) is 0. The quantitative estimate of drug-likeness (QED) is 0.521. The summed E-state index contributed by atoms with van der Waals surface area (Å²) in [7, 11) is 0.147. The van der Waals surface area contributed by atoms with Crippen molar-refractivity contribution in [1.82, 2.24) is 4.31 Å². The molecule has 1 amide bonds. The van der Waals surface area contributed by atoms with E-state index in [2.05, 4.69) is 5.32 Å². The third-order valence-electron chi connectivity index (χ3n) is 3.80. The van der Waals surface area contributed by atoms with Crippen molar-refractivity contribution in [2.45, 2.75) is 4.90 Å². The summed E-state index contributed by atoms with van der Waals surface area (Å²) in [4.78, 5) is 22.6. The number of likely N-dealkylation sites (N-methyl/N-ethyl adjacent to an activating group) is 1. The first-order valence-electron chi connectivity index (χ1n) is 7.91. The van der Waals surface area contributed by atoms with Gasteiger partial charge in [-0.3, -0.25) is 14.9 Å². The first-order valence-corrected chi connectivity index (χ1v) is 9.35. The van der Waals surface area contributed by atoms with Crippen molar-refractivity contribution < 1.29 is 27.6 Å². The Morgan fingerprint density at radius 1 is 1.14 bits per heavy atom. The molecule has 0 atom stereocenters. The number of benzene rings is 2. The van der Waals surface area contributed by atoms with Crippen LogP contribution in [0.15, 0.2) is 47.4 Å². The molecule has 2 rings (SSSR count). The summed E-state index contributed by atoms with van der Waals surface area (Å²) in [6.45, 7) is -0.500. The highest BCUT2D eigenvalue weighted by molar-refractivity contribution is 7.89. The predicted molar refractivity (Wildman–Crippen MR) is 101 cm³/mol. The molecule has 11 heteroatoms. The van der Waals surface area contributed by atoms with Crippen LogP contribution in [0.1, 0.15) is 0 Å². The lowest BCUT2D eigenvalue weighted by Gasteiger charge is -2.17. The predicted octanol–water partition coefficient (Wildman–Crippen LogP) is 1.87. The number of amides is 1. The van der Waals surface area contributed by atoms with Gasteiger partial charge in [0.1, 0.15) is 11.5 Å². The van der Waals surface area contributed by atoms with E-state index in [0.29, 0.717) is 5.75 Å². The van der Waals surface area contributed by atoms with Crippen LogP contribution in [0.2, 0.25) is 0 Å². The number of anilines is 1. The van der Waals surface area contributed by atoms with Crippen LogP contribution in [0.4, 0.5) is 11.4 Å². The normalized spacial score (nSPS) is 11.1. The van der Waals surface area contributed by atoms with Gasteiger partial charge in [0.2, 0.25) is 15.9 Å². The van der Waals surface area contributed by atoms with E-state index in [9.17, 15) is 23.3 Å². The Balaban J connectivity index is 2.15. The van der Waals surface area contributed by atoms with Crippen LogP contribution in [0.3, 0.4) is 0 Å². The van der Waals surface area contributed by atoms with E-state index in [1.54, 1.807) is 0 Å². The van der Waals surface area contributed by atoms with E-state index in [4.69, 9.17) is 9.47 Å². The number of nitro benzene ring substituents is 1. The summed E-state index contributed by atoms with van der Waals surface area (Å²) < 4.78 is 36.1. The van der Waals surface area contributed by atoms with Crippen molar-refractivity contribution in [1.29, 1.82) is 0 Å². The average molecular weight is 409 g/mol. The number of carbonyl (C=O) groups is 1. The Morgan fingerprint density at radius 2 is 1.79 bits per heavy atom. The zero-order valence-corrected chi connectivity index (χ0v) is 16.2. The number of non-ortho nitro benzene ring substituents is 1. The van der Waals surface area contributed by atoms with Gasteiger partial charge < -0.3 is 14.8 Å². The van der Waals surface area contributed by atoms with Gasteiger partial charge in [0.05, 0.1) is 36.3 Å². The van der Waals surface area contributed by atoms with E-state index in [0.717, 1.165) is 10.4 Å². The van der Waals surface area contributed by atoms with Crippen molar-refractivity contribution in [3.05, 3.63) is 52.6 Å². The standard InChI is InChI=1S/C17H19N3O7S/c1-19(28(24,25)14-7-5-13(26-2)6-8-14)11-17(21)18-15-10-12(20(22)23)4-9-16(15)27-3/h4-10H,11H2,1-3H3,(H,18,21). The van der Waals surface area contributed by atoms with Gasteiger partial charge in [-0.15, -0.1) is 0 Å².